The summed E-state index contributed by atoms with van der Waals surface area (Å²) in [5.74, 6) is -0.198. The molecule has 1 amide bonds. The Labute approximate surface area is 139 Å². The maximum atomic E-state index is 12.1. The second-order valence-electron chi connectivity index (χ2n) is 6.21. The zero-order valence-electron chi connectivity index (χ0n) is 14.6. The molecule has 1 aromatic heterocycles. The van der Waals surface area contributed by atoms with Crippen LogP contribution in [0.25, 0.3) is 0 Å². The van der Waals surface area contributed by atoms with Crippen LogP contribution in [0.5, 0.6) is 0 Å². The van der Waals surface area contributed by atoms with Gasteiger partial charge in [0, 0.05) is 38.2 Å². The van der Waals surface area contributed by atoms with Crippen LogP contribution in [0, 0.1) is 5.92 Å². The van der Waals surface area contributed by atoms with Crippen molar-refractivity contribution in [2.45, 2.75) is 71.1 Å². The predicted molar refractivity (Wildman–Crippen MR) is 92.1 cm³/mol. The third kappa shape index (κ3) is 8.53. The molecule has 1 unspecified atom stereocenters. The van der Waals surface area contributed by atoms with Crippen LogP contribution in [0.1, 0.15) is 70.4 Å². The minimum Gasteiger partial charge on any atom is -0.359 e. The maximum Gasteiger partial charge on any atom is 0.223 e. The normalized spacial score (nSPS) is 12.1. The van der Waals surface area contributed by atoms with Crippen molar-refractivity contribution in [2.75, 3.05) is 7.05 Å². The molecule has 5 heteroatoms. The SMILES string of the molecule is CCCCCCCCCC(=O)CC(Cc1cnc[nH]1)C(=O)NC. The Morgan fingerprint density at radius 3 is 2.48 bits per heavy atom. The first-order valence-corrected chi connectivity index (χ1v) is 8.87. The number of Topliss-reactive ketones (excluding diaryl/α,β-unsaturated/α-hetero) is 1. The van der Waals surface area contributed by atoms with E-state index < -0.39 is 0 Å². The van der Waals surface area contributed by atoms with E-state index in [0.717, 1.165) is 18.5 Å². The summed E-state index contributed by atoms with van der Waals surface area (Å²) < 4.78 is 0. The van der Waals surface area contributed by atoms with Gasteiger partial charge in [-0.05, 0) is 6.42 Å². The molecule has 2 N–H and O–H groups in total. The quantitative estimate of drug-likeness (QED) is 0.547. The Kier molecular flexibility index (Phi) is 10.00. The molecule has 0 fully saturated rings. The molecular weight excluding hydrogens is 290 g/mol. The fourth-order valence-corrected chi connectivity index (χ4v) is 2.78. The first kappa shape index (κ1) is 19.4. The summed E-state index contributed by atoms with van der Waals surface area (Å²) in [6.07, 6.45) is 13.1. The van der Waals surface area contributed by atoms with E-state index in [-0.39, 0.29) is 17.6 Å². The highest BCUT2D eigenvalue weighted by Crippen LogP contribution is 2.15. The van der Waals surface area contributed by atoms with Crippen LogP contribution in [0.2, 0.25) is 0 Å². The number of amides is 1. The fourth-order valence-electron chi connectivity index (χ4n) is 2.78. The van der Waals surface area contributed by atoms with E-state index in [9.17, 15) is 9.59 Å². The third-order valence-corrected chi connectivity index (χ3v) is 4.17. The van der Waals surface area contributed by atoms with Crippen molar-refractivity contribution >= 4 is 11.7 Å². The minimum absolute atomic E-state index is 0.0764. The average molecular weight is 321 g/mol. The Morgan fingerprint density at radius 1 is 1.17 bits per heavy atom. The van der Waals surface area contributed by atoms with Gasteiger partial charge in [0.05, 0.1) is 12.2 Å². The molecule has 130 valence electrons. The molecule has 0 bridgehead atoms. The van der Waals surface area contributed by atoms with Gasteiger partial charge in [-0.15, -0.1) is 0 Å². The topological polar surface area (TPSA) is 74.8 Å². The number of nitrogens with zero attached hydrogens (tertiary/aromatic N) is 1. The van der Waals surface area contributed by atoms with E-state index >= 15 is 0 Å². The lowest BCUT2D eigenvalue weighted by molar-refractivity contribution is -0.129. The maximum absolute atomic E-state index is 12.1. The number of hydrogen-bond acceptors (Lipinski definition) is 3. The molecule has 0 aromatic carbocycles. The van der Waals surface area contributed by atoms with Crippen molar-refractivity contribution < 1.29 is 9.59 Å². The number of aromatic amines is 1. The molecule has 23 heavy (non-hydrogen) atoms. The highest BCUT2D eigenvalue weighted by molar-refractivity contribution is 5.86. The Bertz CT molecular complexity index is 443. The summed E-state index contributed by atoms with van der Waals surface area (Å²) in [6, 6.07) is 0. The Hall–Kier alpha value is -1.65. The van der Waals surface area contributed by atoms with E-state index in [1.807, 2.05) is 0 Å². The number of unbranched alkanes of at least 4 members (excludes halogenated alkanes) is 6. The first-order valence-electron chi connectivity index (χ1n) is 8.87. The number of rotatable bonds is 13. The zero-order chi connectivity index (χ0) is 16.9. The number of aromatic nitrogens is 2. The molecule has 5 nitrogen and oxygen atoms in total. The molecule has 0 saturated carbocycles. The van der Waals surface area contributed by atoms with Crippen LogP contribution in [0.3, 0.4) is 0 Å². The van der Waals surface area contributed by atoms with Crippen LogP contribution < -0.4 is 5.32 Å². The molecule has 0 radical (unpaired) electrons. The van der Waals surface area contributed by atoms with Gasteiger partial charge in [-0.1, -0.05) is 45.4 Å². The highest BCUT2D eigenvalue weighted by atomic mass is 16.2. The number of imidazole rings is 1. The van der Waals surface area contributed by atoms with E-state index in [1.165, 1.54) is 32.1 Å². The molecule has 1 aromatic rings. The van der Waals surface area contributed by atoms with Crippen molar-refractivity contribution in [3.05, 3.63) is 18.2 Å². The van der Waals surface area contributed by atoms with Gasteiger partial charge in [0.15, 0.2) is 0 Å². The highest BCUT2D eigenvalue weighted by Gasteiger charge is 2.21. The lowest BCUT2D eigenvalue weighted by atomic mass is 9.94. The fraction of sp³-hybridized carbons (Fsp3) is 0.722. The molecule has 1 heterocycles. The summed E-state index contributed by atoms with van der Waals surface area (Å²) in [5.41, 5.74) is 0.891. The monoisotopic (exact) mass is 321 g/mol. The van der Waals surface area contributed by atoms with Crippen LogP contribution in [0.4, 0.5) is 0 Å². The van der Waals surface area contributed by atoms with Crippen molar-refractivity contribution in [3.8, 4) is 0 Å². The van der Waals surface area contributed by atoms with Crippen molar-refractivity contribution in [1.29, 1.82) is 0 Å². The minimum atomic E-state index is -0.308. The summed E-state index contributed by atoms with van der Waals surface area (Å²) >= 11 is 0. The second kappa shape index (κ2) is 11.9. The van der Waals surface area contributed by atoms with Crippen molar-refractivity contribution in [1.82, 2.24) is 15.3 Å². The number of ketones is 1. The van der Waals surface area contributed by atoms with Crippen LogP contribution >= 0.6 is 0 Å². The first-order chi connectivity index (χ1) is 11.2. The largest absolute Gasteiger partial charge is 0.359 e. The van der Waals surface area contributed by atoms with Gasteiger partial charge in [0.25, 0.3) is 0 Å². The number of carbonyl (C=O) groups excluding carboxylic acids is 2. The van der Waals surface area contributed by atoms with E-state index in [2.05, 4.69) is 22.2 Å². The molecule has 0 aliphatic carbocycles. The molecule has 0 aliphatic heterocycles. The van der Waals surface area contributed by atoms with Gasteiger partial charge < -0.3 is 10.3 Å². The average Bonchev–Trinajstić information content (AvgIpc) is 3.05. The predicted octanol–water partition coefficient (Wildman–Crippen LogP) is 3.41. The van der Waals surface area contributed by atoms with Gasteiger partial charge in [-0.3, -0.25) is 9.59 Å². The van der Waals surface area contributed by atoms with Gasteiger partial charge >= 0.3 is 0 Å². The van der Waals surface area contributed by atoms with Gasteiger partial charge in [0.1, 0.15) is 5.78 Å². The number of H-pyrrole nitrogens is 1. The number of hydrogen-bond donors (Lipinski definition) is 2. The van der Waals surface area contributed by atoms with Crippen molar-refractivity contribution in [3.63, 3.8) is 0 Å². The summed E-state index contributed by atoms with van der Waals surface area (Å²) in [4.78, 5) is 31.0. The molecule has 0 saturated heterocycles. The molecule has 0 spiro atoms. The molecule has 1 rings (SSSR count). The number of carbonyl (C=O) groups is 2. The number of nitrogens with one attached hydrogen (secondary N) is 2. The standard InChI is InChI=1S/C18H31N3O2/c1-3-4-5-6-7-8-9-10-17(22)12-15(18(23)19-2)11-16-13-20-14-21-16/h13-15H,3-12H2,1-2H3,(H,19,23)(H,20,21). The lowest BCUT2D eigenvalue weighted by Gasteiger charge is -2.13. The molecular formula is C18H31N3O2. The van der Waals surface area contributed by atoms with E-state index in [0.29, 0.717) is 19.3 Å². The molecule has 1 atom stereocenters. The van der Waals surface area contributed by atoms with Crippen LogP contribution in [-0.2, 0) is 16.0 Å². The van der Waals surface area contributed by atoms with Crippen LogP contribution in [0.15, 0.2) is 12.5 Å². The Balaban J connectivity index is 2.26. The van der Waals surface area contributed by atoms with E-state index in [1.54, 1.807) is 19.6 Å². The van der Waals surface area contributed by atoms with Gasteiger partial charge in [0.2, 0.25) is 5.91 Å². The second-order valence-corrected chi connectivity index (χ2v) is 6.21. The summed E-state index contributed by atoms with van der Waals surface area (Å²) in [7, 11) is 1.61. The smallest absolute Gasteiger partial charge is 0.223 e. The van der Waals surface area contributed by atoms with E-state index in [4.69, 9.17) is 0 Å². The molecule has 0 aliphatic rings. The zero-order valence-corrected chi connectivity index (χ0v) is 14.6. The third-order valence-electron chi connectivity index (χ3n) is 4.17. The van der Waals surface area contributed by atoms with Crippen molar-refractivity contribution in [2.24, 2.45) is 5.92 Å². The van der Waals surface area contributed by atoms with Crippen LogP contribution in [-0.4, -0.2) is 28.7 Å². The van der Waals surface area contributed by atoms with Gasteiger partial charge in [-0.25, -0.2) is 4.98 Å². The lowest BCUT2D eigenvalue weighted by Crippen LogP contribution is -2.30. The summed E-state index contributed by atoms with van der Waals surface area (Å²) in [6.45, 7) is 2.21. The van der Waals surface area contributed by atoms with Gasteiger partial charge in [-0.2, -0.15) is 0 Å². The Morgan fingerprint density at radius 2 is 1.87 bits per heavy atom. The summed E-state index contributed by atoms with van der Waals surface area (Å²) in [5, 5.41) is 2.65.